The van der Waals surface area contributed by atoms with Crippen molar-refractivity contribution in [1.29, 1.82) is 0 Å². The van der Waals surface area contributed by atoms with Gasteiger partial charge >= 0.3 is 0 Å². The number of halogens is 5. The highest BCUT2D eigenvalue weighted by Gasteiger charge is 2.33. The van der Waals surface area contributed by atoms with Gasteiger partial charge in [0, 0.05) is 18.8 Å². The Morgan fingerprint density at radius 1 is 1.00 bits per heavy atom. The minimum atomic E-state index is -1.36. The standard InChI is InChI=1S/C16H25Cl3N2.2ClH/c1-4-7-12-20-15(16(17,18)19)13-8-10-14(11-9-13)21(5-2)6-3;;/h8-11,15,20H,4-7,12H2,1-3H3;2*1H. The van der Waals surface area contributed by atoms with Crippen LogP contribution in [0.4, 0.5) is 5.69 Å². The second-order valence-corrected chi connectivity index (χ2v) is 7.42. The van der Waals surface area contributed by atoms with Crippen LogP contribution in [0.3, 0.4) is 0 Å². The molecule has 0 aliphatic carbocycles. The quantitative estimate of drug-likeness (QED) is 0.396. The van der Waals surface area contributed by atoms with Gasteiger partial charge in [-0.3, -0.25) is 0 Å². The highest BCUT2D eigenvalue weighted by molar-refractivity contribution is 6.68. The van der Waals surface area contributed by atoms with E-state index >= 15 is 0 Å². The second-order valence-electron chi connectivity index (χ2n) is 5.05. The van der Waals surface area contributed by atoms with Gasteiger partial charge < -0.3 is 10.2 Å². The third kappa shape index (κ3) is 8.38. The average Bonchev–Trinajstić information content (AvgIpc) is 2.45. The van der Waals surface area contributed by atoms with Crippen molar-refractivity contribution in [3.63, 3.8) is 0 Å². The van der Waals surface area contributed by atoms with Crippen LogP contribution in [0.5, 0.6) is 0 Å². The lowest BCUT2D eigenvalue weighted by molar-refractivity contribution is 0.527. The highest BCUT2D eigenvalue weighted by atomic mass is 35.6. The molecule has 1 aromatic rings. The first kappa shape index (κ1) is 25.7. The zero-order valence-electron chi connectivity index (χ0n) is 13.8. The second kappa shape index (κ2) is 12.7. The molecule has 0 aromatic heterocycles. The summed E-state index contributed by atoms with van der Waals surface area (Å²) in [5, 5.41) is 3.34. The molecular formula is C16H27Cl5N2. The maximum absolute atomic E-state index is 6.13. The first-order valence-electron chi connectivity index (χ1n) is 7.59. The van der Waals surface area contributed by atoms with E-state index in [4.69, 9.17) is 34.8 Å². The number of unbranched alkanes of at least 4 members (excludes halogenated alkanes) is 1. The van der Waals surface area contributed by atoms with Gasteiger partial charge in [0.1, 0.15) is 0 Å². The molecule has 2 nitrogen and oxygen atoms in total. The van der Waals surface area contributed by atoms with Gasteiger partial charge in [0.15, 0.2) is 0 Å². The van der Waals surface area contributed by atoms with Crippen molar-refractivity contribution in [3.05, 3.63) is 29.8 Å². The number of nitrogens with zero attached hydrogens (tertiary/aromatic N) is 1. The maximum atomic E-state index is 6.13. The van der Waals surface area contributed by atoms with Gasteiger partial charge in [-0.1, -0.05) is 60.3 Å². The molecule has 1 aromatic carbocycles. The fourth-order valence-corrected chi connectivity index (χ4v) is 2.92. The zero-order valence-corrected chi connectivity index (χ0v) is 17.7. The van der Waals surface area contributed by atoms with Crippen LogP contribution in [0, 0.1) is 0 Å². The molecule has 136 valence electrons. The van der Waals surface area contributed by atoms with E-state index in [1.165, 1.54) is 5.69 Å². The van der Waals surface area contributed by atoms with E-state index in [0.717, 1.165) is 38.0 Å². The lowest BCUT2D eigenvalue weighted by Gasteiger charge is -2.27. The SMILES string of the molecule is CCCCNC(c1ccc(N(CC)CC)cc1)C(Cl)(Cl)Cl.Cl.Cl. The maximum Gasteiger partial charge on any atom is 0.209 e. The molecule has 1 unspecified atom stereocenters. The summed E-state index contributed by atoms with van der Waals surface area (Å²) in [7, 11) is 0. The predicted molar refractivity (Wildman–Crippen MR) is 110 cm³/mol. The summed E-state index contributed by atoms with van der Waals surface area (Å²) in [6.07, 6.45) is 2.18. The van der Waals surface area contributed by atoms with E-state index in [-0.39, 0.29) is 30.9 Å². The molecule has 0 aliphatic heterocycles. The van der Waals surface area contributed by atoms with Crippen LogP contribution in [0.2, 0.25) is 0 Å². The molecule has 0 fully saturated rings. The number of hydrogen-bond acceptors (Lipinski definition) is 2. The summed E-state index contributed by atoms with van der Waals surface area (Å²) in [5.41, 5.74) is 2.20. The normalized spacial score (nSPS) is 12.1. The van der Waals surface area contributed by atoms with Crippen LogP contribution in [0.25, 0.3) is 0 Å². The van der Waals surface area contributed by atoms with Crippen LogP contribution in [-0.4, -0.2) is 23.4 Å². The Bertz CT molecular complexity index is 402. The van der Waals surface area contributed by atoms with E-state index in [1.807, 2.05) is 12.1 Å². The summed E-state index contributed by atoms with van der Waals surface area (Å²) in [6.45, 7) is 9.25. The van der Waals surface area contributed by atoms with Crippen molar-refractivity contribution in [2.75, 3.05) is 24.5 Å². The number of nitrogens with one attached hydrogen (secondary N) is 1. The van der Waals surface area contributed by atoms with Crippen molar-refractivity contribution in [2.45, 2.75) is 43.4 Å². The van der Waals surface area contributed by atoms with Gasteiger partial charge in [0.2, 0.25) is 3.79 Å². The van der Waals surface area contributed by atoms with E-state index in [0.29, 0.717) is 0 Å². The minimum Gasteiger partial charge on any atom is -0.372 e. The van der Waals surface area contributed by atoms with Crippen LogP contribution < -0.4 is 10.2 Å². The Balaban J connectivity index is 0. The lowest BCUT2D eigenvalue weighted by atomic mass is 10.1. The summed E-state index contributed by atoms with van der Waals surface area (Å²) >= 11 is 18.4. The van der Waals surface area contributed by atoms with Crippen LogP contribution in [-0.2, 0) is 0 Å². The number of hydrogen-bond donors (Lipinski definition) is 1. The number of benzene rings is 1. The minimum absolute atomic E-state index is 0. The van der Waals surface area contributed by atoms with Crippen LogP contribution in [0.15, 0.2) is 24.3 Å². The van der Waals surface area contributed by atoms with Gasteiger partial charge in [0.25, 0.3) is 0 Å². The Morgan fingerprint density at radius 3 is 1.91 bits per heavy atom. The van der Waals surface area contributed by atoms with Crippen LogP contribution in [0.1, 0.15) is 45.2 Å². The van der Waals surface area contributed by atoms with E-state index < -0.39 is 3.79 Å². The van der Waals surface area contributed by atoms with Crippen molar-refractivity contribution < 1.29 is 0 Å². The lowest BCUT2D eigenvalue weighted by Crippen LogP contribution is -2.32. The summed E-state index contributed by atoms with van der Waals surface area (Å²) in [5.74, 6) is 0. The Morgan fingerprint density at radius 2 is 1.52 bits per heavy atom. The molecule has 0 spiro atoms. The molecule has 0 aliphatic rings. The average molecular weight is 425 g/mol. The summed E-state index contributed by atoms with van der Waals surface area (Å²) in [4.78, 5) is 2.29. The molecule has 0 saturated heterocycles. The summed E-state index contributed by atoms with van der Waals surface area (Å²) in [6, 6.07) is 7.97. The molecule has 1 atom stereocenters. The molecule has 0 saturated carbocycles. The third-order valence-electron chi connectivity index (χ3n) is 3.56. The molecule has 7 heteroatoms. The third-order valence-corrected chi connectivity index (χ3v) is 4.22. The molecule has 0 bridgehead atoms. The Hall–Kier alpha value is 0.430. The molecular weight excluding hydrogens is 397 g/mol. The van der Waals surface area contributed by atoms with E-state index in [9.17, 15) is 0 Å². The van der Waals surface area contributed by atoms with Gasteiger partial charge in [-0.25, -0.2) is 0 Å². The topological polar surface area (TPSA) is 15.3 Å². The molecule has 1 rings (SSSR count). The fourth-order valence-electron chi connectivity index (χ4n) is 2.31. The zero-order chi connectivity index (χ0) is 15.9. The number of anilines is 1. The monoisotopic (exact) mass is 422 g/mol. The summed E-state index contributed by atoms with van der Waals surface area (Å²) < 4.78 is -1.36. The van der Waals surface area contributed by atoms with Gasteiger partial charge in [0.05, 0.1) is 6.04 Å². The van der Waals surface area contributed by atoms with E-state index in [1.54, 1.807) is 0 Å². The Kier molecular flexibility index (Phi) is 14.2. The molecule has 23 heavy (non-hydrogen) atoms. The van der Waals surface area contributed by atoms with Crippen molar-refractivity contribution in [3.8, 4) is 0 Å². The van der Waals surface area contributed by atoms with Gasteiger partial charge in [-0.2, -0.15) is 0 Å². The largest absolute Gasteiger partial charge is 0.372 e. The van der Waals surface area contributed by atoms with Gasteiger partial charge in [-0.15, -0.1) is 24.8 Å². The smallest absolute Gasteiger partial charge is 0.209 e. The van der Waals surface area contributed by atoms with Crippen molar-refractivity contribution in [1.82, 2.24) is 5.32 Å². The first-order valence-corrected chi connectivity index (χ1v) is 8.72. The Labute approximate surface area is 168 Å². The van der Waals surface area contributed by atoms with E-state index in [2.05, 4.69) is 43.1 Å². The fraction of sp³-hybridized carbons (Fsp3) is 0.625. The number of rotatable bonds is 8. The van der Waals surface area contributed by atoms with Crippen LogP contribution >= 0.6 is 59.6 Å². The number of alkyl halides is 3. The molecule has 0 amide bonds. The molecule has 0 heterocycles. The molecule has 0 radical (unpaired) electrons. The predicted octanol–water partition coefficient (Wildman–Crippen LogP) is 6.18. The van der Waals surface area contributed by atoms with Gasteiger partial charge in [-0.05, 0) is 44.5 Å². The molecule has 1 N–H and O–H groups in total. The first-order chi connectivity index (χ1) is 9.93. The van der Waals surface area contributed by atoms with Crippen molar-refractivity contribution >= 4 is 65.3 Å². The van der Waals surface area contributed by atoms with Crippen molar-refractivity contribution in [2.24, 2.45) is 0 Å². The highest BCUT2D eigenvalue weighted by Crippen LogP contribution is 2.40.